The average molecular weight is 919 g/mol. The Bertz CT molecular complexity index is 2800. The molecule has 0 saturated heterocycles. The summed E-state index contributed by atoms with van der Waals surface area (Å²) in [6, 6.07) is 21.2. The maximum Gasteiger partial charge on any atom is 0.193 e. The Morgan fingerprint density at radius 2 is 0.382 bits per heavy atom. The van der Waals surface area contributed by atoms with Crippen LogP contribution < -0.4 is 0 Å². The number of benzene rings is 5. The lowest BCUT2D eigenvalue weighted by Gasteiger charge is -2.10. The maximum atomic E-state index is 12.8. The minimum Gasteiger partial charge on any atom is -0.294 e. The molecule has 0 bridgehead atoms. The summed E-state index contributed by atoms with van der Waals surface area (Å²) in [4.78, 5) is 152. The number of rotatable bonds is 15. The van der Waals surface area contributed by atoms with Crippen molar-refractivity contribution in [1.29, 1.82) is 0 Å². The second-order valence-electron chi connectivity index (χ2n) is 16.0. The van der Waals surface area contributed by atoms with Gasteiger partial charge in [0.2, 0.25) is 0 Å². The van der Waals surface area contributed by atoms with E-state index >= 15 is 0 Å². The molecule has 0 aliphatic carbocycles. The zero-order valence-electron chi connectivity index (χ0n) is 39.9. The van der Waals surface area contributed by atoms with Gasteiger partial charge in [-0.05, 0) is 143 Å². The summed E-state index contributed by atoms with van der Waals surface area (Å²) in [6.07, 6.45) is 0. The number of Topliss-reactive ketones (excluding diaryl/α,β-unsaturated/α-hetero) is 12. The first kappa shape index (κ1) is 54.1. The van der Waals surface area contributed by atoms with Crippen LogP contribution in [0.1, 0.15) is 223 Å². The fraction of sp³-hybridized carbons (Fsp3) is 0.218. The second kappa shape index (κ2) is 22.8. The molecule has 13 nitrogen and oxygen atoms in total. The van der Waals surface area contributed by atoms with Crippen molar-refractivity contribution in [2.24, 2.45) is 0 Å². The van der Waals surface area contributed by atoms with E-state index in [1.54, 1.807) is 36.4 Å². The lowest BCUT2D eigenvalue weighted by atomic mass is 9.91. The highest BCUT2D eigenvalue weighted by molar-refractivity contribution is 6.16. The van der Waals surface area contributed by atoms with E-state index in [-0.39, 0.29) is 125 Å². The Hall–Kier alpha value is -8.19. The predicted octanol–water partition coefficient (Wildman–Crippen LogP) is 10.4. The SMILES string of the molecule is CC(=O)c1cc(C(C)=O)c(C(C)=O)cc1C(C)=O.CC(=O)c1ccc(-c2ccc(C(C)=O)c(C(C)=O)c2)cc1C(C)=O.CC(=O)c1ccc(C(=O)c2ccc(C(C)=O)c(C(C)=O)c2)cc1C(C)=O. The molecule has 5 aromatic rings. The molecule has 0 fully saturated rings. The highest BCUT2D eigenvalue weighted by Crippen LogP contribution is 2.27. The van der Waals surface area contributed by atoms with E-state index < -0.39 is 5.78 Å². The van der Waals surface area contributed by atoms with Crippen LogP contribution in [0.2, 0.25) is 0 Å². The summed E-state index contributed by atoms with van der Waals surface area (Å²) in [5.74, 6) is -3.55. The van der Waals surface area contributed by atoms with Gasteiger partial charge < -0.3 is 0 Å². The number of carbonyl (C=O) groups is 13. The normalized spacial score (nSPS) is 10.2. The van der Waals surface area contributed by atoms with Crippen LogP contribution in [0.15, 0.2) is 84.9 Å². The molecular weight excluding hydrogens is 869 g/mol. The summed E-state index contributed by atoms with van der Waals surface area (Å²) in [5, 5.41) is 0. The molecular formula is C55H50O13. The van der Waals surface area contributed by atoms with Gasteiger partial charge in [0.05, 0.1) is 0 Å². The maximum absolute atomic E-state index is 12.8. The molecule has 0 atom stereocenters. The first-order chi connectivity index (χ1) is 31.6. The molecule has 0 N–H and O–H groups in total. The monoisotopic (exact) mass is 918 g/mol. The lowest BCUT2D eigenvalue weighted by Crippen LogP contribution is -2.12. The third-order valence-electron chi connectivity index (χ3n) is 10.6. The molecule has 348 valence electrons. The molecule has 0 radical (unpaired) electrons. The summed E-state index contributed by atoms with van der Waals surface area (Å²) in [5.41, 5.74) is 4.89. The Labute approximate surface area is 393 Å². The molecule has 0 amide bonds. The molecule has 0 aliphatic rings. The minimum absolute atomic E-state index is 0.176. The smallest absolute Gasteiger partial charge is 0.193 e. The van der Waals surface area contributed by atoms with Gasteiger partial charge in [-0.15, -0.1) is 0 Å². The summed E-state index contributed by atoms with van der Waals surface area (Å²) in [7, 11) is 0. The van der Waals surface area contributed by atoms with E-state index in [9.17, 15) is 62.3 Å². The summed E-state index contributed by atoms with van der Waals surface area (Å²) >= 11 is 0. The Morgan fingerprint density at radius 1 is 0.206 bits per heavy atom. The Balaban J connectivity index is 0.000000275. The third-order valence-corrected chi connectivity index (χ3v) is 10.6. The van der Waals surface area contributed by atoms with Gasteiger partial charge in [0.1, 0.15) is 0 Å². The Morgan fingerprint density at radius 3 is 0.588 bits per heavy atom. The summed E-state index contributed by atoms with van der Waals surface area (Å²) < 4.78 is 0. The van der Waals surface area contributed by atoms with Gasteiger partial charge in [0.25, 0.3) is 0 Å². The fourth-order valence-electron chi connectivity index (χ4n) is 7.14. The number of hydrogen-bond acceptors (Lipinski definition) is 13. The van der Waals surface area contributed by atoms with Crippen molar-refractivity contribution in [3.8, 4) is 11.1 Å². The quantitative estimate of drug-likeness (QED) is 0.0893. The van der Waals surface area contributed by atoms with E-state index in [1.807, 2.05) is 0 Å². The van der Waals surface area contributed by atoms with Crippen molar-refractivity contribution in [2.75, 3.05) is 0 Å². The van der Waals surface area contributed by atoms with Crippen molar-refractivity contribution in [2.45, 2.75) is 83.1 Å². The molecule has 13 heteroatoms. The Kier molecular flexibility index (Phi) is 18.2. The number of ketones is 13. The fourth-order valence-corrected chi connectivity index (χ4v) is 7.14. The van der Waals surface area contributed by atoms with Crippen molar-refractivity contribution < 1.29 is 62.3 Å². The topological polar surface area (TPSA) is 222 Å². The zero-order chi connectivity index (χ0) is 51.6. The van der Waals surface area contributed by atoms with Crippen LogP contribution in [-0.4, -0.2) is 75.2 Å². The van der Waals surface area contributed by atoms with Crippen molar-refractivity contribution >= 4 is 75.2 Å². The number of hydrogen-bond donors (Lipinski definition) is 0. The molecule has 0 spiro atoms. The number of carbonyl (C=O) groups excluding carboxylic acids is 13. The lowest BCUT2D eigenvalue weighted by molar-refractivity contribution is 0.0970. The molecule has 5 rings (SSSR count). The molecule has 0 aromatic heterocycles. The standard InChI is InChI=1S/C21H18O5.C20H18O4.C14H14O4/c1-11(22)17-7-5-15(9-19(17)13(3)24)21(26)16-6-8-18(12(2)23)20(10-16)14(4)25;1-11(21)17-7-5-15(9-19(17)13(3)23)16-6-8-18(12(2)22)20(10-16)14(4)24;1-7(15)11-5-13(9(3)17)14(10(4)18)6-12(11)8(2)16/h5-10H,1-4H3;5-10H,1-4H3;5-6H,1-4H3. The van der Waals surface area contributed by atoms with Gasteiger partial charge in [-0.3, -0.25) is 62.3 Å². The second-order valence-corrected chi connectivity index (χ2v) is 16.0. The van der Waals surface area contributed by atoms with Gasteiger partial charge in [-0.2, -0.15) is 0 Å². The van der Waals surface area contributed by atoms with Gasteiger partial charge in [0.15, 0.2) is 75.2 Å². The molecule has 68 heavy (non-hydrogen) atoms. The predicted molar refractivity (Wildman–Crippen MR) is 255 cm³/mol. The van der Waals surface area contributed by atoms with Crippen LogP contribution >= 0.6 is 0 Å². The van der Waals surface area contributed by atoms with Crippen molar-refractivity contribution in [3.63, 3.8) is 0 Å². The first-order valence-electron chi connectivity index (χ1n) is 21.0. The van der Waals surface area contributed by atoms with Crippen LogP contribution in [0.3, 0.4) is 0 Å². The van der Waals surface area contributed by atoms with Crippen molar-refractivity contribution in [3.05, 3.63) is 163 Å². The van der Waals surface area contributed by atoms with Gasteiger partial charge in [-0.25, -0.2) is 0 Å². The molecule has 0 unspecified atom stereocenters. The van der Waals surface area contributed by atoms with Crippen LogP contribution in [0.4, 0.5) is 0 Å². The molecule has 0 heterocycles. The van der Waals surface area contributed by atoms with Crippen LogP contribution in [0.5, 0.6) is 0 Å². The molecule has 5 aromatic carbocycles. The first-order valence-corrected chi connectivity index (χ1v) is 21.0. The van der Waals surface area contributed by atoms with Crippen LogP contribution in [0.25, 0.3) is 11.1 Å². The van der Waals surface area contributed by atoms with Crippen molar-refractivity contribution in [1.82, 2.24) is 0 Å². The van der Waals surface area contributed by atoms with Gasteiger partial charge in [-0.1, -0.05) is 36.4 Å². The van der Waals surface area contributed by atoms with Crippen LogP contribution in [-0.2, 0) is 0 Å². The van der Waals surface area contributed by atoms with E-state index in [0.29, 0.717) is 33.4 Å². The average Bonchev–Trinajstić information content (AvgIpc) is 3.27. The van der Waals surface area contributed by atoms with E-state index in [0.717, 1.165) is 0 Å². The van der Waals surface area contributed by atoms with E-state index in [1.165, 1.54) is 132 Å². The highest BCUT2D eigenvalue weighted by atomic mass is 16.2. The van der Waals surface area contributed by atoms with E-state index in [2.05, 4.69) is 0 Å². The summed E-state index contributed by atoms with van der Waals surface area (Å²) in [6.45, 7) is 16.3. The third kappa shape index (κ3) is 13.0. The zero-order valence-corrected chi connectivity index (χ0v) is 39.9. The van der Waals surface area contributed by atoms with Gasteiger partial charge >= 0.3 is 0 Å². The molecule has 0 saturated carbocycles. The largest absolute Gasteiger partial charge is 0.294 e. The highest BCUT2D eigenvalue weighted by Gasteiger charge is 2.22. The van der Waals surface area contributed by atoms with E-state index in [4.69, 9.17) is 0 Å². The minimum atomic E-state index is -0.403. The molecule has 0 aliphatic heterocycles. The van der Waals surface area contributed by atoms with Crippen LogP contribution in [0, 0.1) is 0 Å². The van der Waals surface area contributed by atoms with Gasteiger partial charge in [0, 0.05) is 77.9 Å².